The van der Waals surface area contributed by atoms with Crippen LogP contribution in [0.15, 0.2) is 30.3 Å². The van der Waals surface area contributed by atoms with Crippen molar-refractivity contribution in [3.8, 4) is 0 Å². The Hall–Kier alpha value is -0.670. The van der Waals surface area contributed by atoms with Crippen molar-refractivity contribution < 1.29 is 8.95 Å². The van der Waals surface area contributed by atoms with Crippen molar-refractivity contribution >= 4 is 10.8 Å². The summed E-state index contributed by atoms with van der Waals surface area (Å²) in [6, 6.07) is 10.2. The summed E-state index contributed by atoms with van der Waals surface area (Å²) >= 11 is 0. The molecule has 0 aromatic heterocycles. The van der Waals surface area contributed by atoms with Gasteiger partial charge in [0.1, 0.15) is 0 Å². The molecule has 1 aliphatic rings. The standard InChI is InChI=1S/C12H16O2S/c13-15-8-6-12(7-9-15)14-10-11-4-2-1-3-5-11/h1-5,12H,6-10H2. The fraction of sp³-hybridized carbons (Fsp3) is 0.500. The van der Waals surface area contributed by atoms with Gasteiger partial charge in [-0.05, 0) is 18.4 Å². The maximum absolute atomic E-state index is 11.1. The minimum Gasteiger partial charge on any atom is -0.373 e. The lowest BCUT2D eigenvalue weighted by Crippen LogP contribution is -2.25. The molecule has 15 heavy (non-hydrogen) atoms. The molecule has 1 saturated heterocycles. The number of benzene rings is 1. The molecule has 0 radical (unpaired) electrons. The average molecular weight is 224 g/mol. The van der Waals surface area contributed by atoms with Gasteiger partial charge in [-0.2, -0.15) is 0 Å². The van der Waals surface area contributed by atoms with Crippen molar-refractivity contribution in [3.63, 3.8) is 0 Å². The molecule has 0 bridgehead atoms. The van der Waals surface area contributed by atoms with Crippen LogP contribution in [-0.2, 0) is 22.1 Å². The van der Waals surface area contributed by atoms with E-state index in [0.29, 0.717) is 12.7 Å². The maximum Gasteiger partial charge on any atom is 0.0720 e. The molecule has 1 heterocycles. The van der Waals surface area contributed by atoms with Crippen LogP contribution in [0.5, 0.6) is 0 Å². The smallest absolute Gasteiger partial charge is 0.0720 e. The third kappa shape index (κ3) is 3.43. The molecular weight excluding hydrogens is 208 g/mol. The highest BCUT2D eigenvalue weighted by molar-refractivity contribution is 7.85. The summed E-state index contributed by atoms with van der Waals surface area (Å²) in [6.45, 7) is 0.679. The van der Waals surface area contributed by atoms with Crippen LogP contribution in [0.1, 0.15) is 18.4 Å². The van der Waals surface area contributed by atoms with Crippen LogP contribution in [0.4, 0.5) is 0 Å². The highest BCUT2D eigenvalue weighted by Crippen LogP contribution is 2.14. The van der Waals surface area contributed by atoms with Crippen molar-refractivity contribution in [2.45, 2.75) is 25.6 Å². The molecule has 1 fully saturated rings. The predicted octanol–water partition coefficient (Wildman–Crippen LogP) is 2.11. The van der Waals surface area contributed by atoms with Gasteiger partial charge >= 0.3 is 0 Å². The van der Waals surface area contributed by atoms with Crippen LogP contribution in [-0.4, -0.2) is 21.8 Å². The molecule has 0 atom stereocenters. The normalized spacial score (nSPS) is 26.4. The molecule has 0 aliphatic carbocycles. The highest BCUT2D eigenvalue weighted by atomic mass is 32.2. The third-order valence-corrected chi connectivity index (χ3v) is 4.05. The minimum atomic E-state index is -0.589. The molecule has 1 aliphatic heterocycles. The molecule has 2 nitrogen and oxygen atoms in total. The van der Waals surface area contributed by atoms with Crippen LogP contribution >= 0.6 is 0 Å². The Bertz CT molecular complexity index is 314. The number of hydrogen-bond donors (Lipinski definition) is 0. The van der Waals surface area contributed by atoms with E-state index in [1.807, 2.05) is 18.2 Å². The highest BCUT2D eigenvalue weighted by Gasteiger charge is 2.17. The quantitative estimate of drug-likeness (QED) is 0.786. The van der Waals surface area contributed by atoms with Crippen molar-refractivity contribution in [1.29, 1.82) is 0 Å². The van der Waals surface area contributed by atoms with E-state index in [2.05, 4.69) is 12.1 Å². The first-order valence-corrected chi connectivity index (χ1v) is 6.84. The Morgan fingerprint density at radius 2 is 1.87 bits per heavy atom. The Morgan fingerprint density at radius 1 is 1.20 bits per heavy atom. The molecule has 82 valence electrons. The summed E-state index contributed by atoms with van der Waals surface area (Å²) in [5.41, 5.74) is 1.21. The molecule has 2 rings (SSSR count). The van der Waals surface area contributed by atoms with Gasteiger partial charge in [0.05, 0.1) is 12.7 Å². The van der Waals surface area contributed by atoms with Crippen molar-refractivity contribution in [3.05, 3.63) is 35.9 Å². The topological polar surface area (TPSA) is 26.3 Å². The summed E-state index contributed by atoms with van der Waals surface area (Å²) in [7, 11) is -0.589. The van der Waals surface area contributed by atoms with Gasteiger partial charge in [-0.3, -0.25) is 4.21 Å². The van der Waals surface area contributed by atoms with Crippen molar-refractivity contribution in [2.75, 3.05) is 11.5 Å². The SMILES string of the molecule is O=S1CCC(OCc2ccccc2)CC1. The Morgan fingerprint density at radius 3 is 2.53 bits per heavy atom. The van der Waals surface area contributed by atoms with E-state index in [1.165, 1.54) is 5.56 Å². The molecule has 0 amide bonds. The van der Waals surface area contributed by atoms with Crippen molar-refractivity contribution in [2.24, 2.45) is 0 Å². The molecule has 1 aromatic rings. The van der Waals surface area contributed by atoms with Crippen LogP contribution in [0.2, 0.25) is 0 Å². The minimum absolute atomic E-state index is 0.308. The monoisotopic (exact) mass is 224 g/mol. The van der Waals surface area contributed by atoms with Crippen LogP contribution in [0, 0.1) is 0 Å². The van der Waals surface area contributed by atoms with Gasteiger partial charge in [-0.25, -0.2) is 0 Å². The van der Waals surface area contributed by atoms with E-state index in [1.54, 1.807) is 0 Å². The Balaban J connectivity index is 1.77. The second-order valence-electron chi connectivity index (χ2n) is 3.84. The summed E-state index contributed by atoms with van der Waals surface area (Å²) in [5.74, 6) is 1.61. The maximum atomic E-state index is 11.1. The number of hydrogen-bond acceptors (Lipinski definition) is 2. The Kier molecular flexibility index (Phi) is 3.92. The van der Waals surface area contributed by atoms with E-state index in [4.69, 9.17) is 4.74 Å². The average Bonchev–Trinajstić information content (AvgIpc) is 2.30. The molecule has 0 unspecified atom stereocenters. The van der Waals surface area contributed by atoms with Gasteiger partial charge in [0.15, 0.2) is 0 Å². The predicted molar refractivity (Wildman–Crippen MR) is 62.1 cm³/mol. The van der Waals surface area contributed by atoms with Crippen molar-refractivity contribution in [1.82, 2.24) is 0 Å². The largest absolute Gasteiger partial charge is 0.373 e. The Labute approximate surface area is 93.1 Å². The third-order valence-electron chi connectivity index (χ3n) is 2.66. The lowest BCUT2D eigenvalue weighted by atomic mass is 10.2. The zero-order valence-corrected chi connectivity index (χ0v) is 9.54. The van der Waals surface area contributed by atoms with Gasteiger partial charge < -0.3 is 4.74 Å². The molecule has 0 spiro atoms. The number of rotatable bonds is 3. The fourth-order valence-electron chi connectivity index (χ4n) is 1.73. The van der Waals surface area contributed by atoms with E-state index in [0.717, 1.165) is 24.3 Å². The fourth-order valence-corrected chi connectivity index (χ4v) is 2.98. The lowest BCUT2D eigenvalue weighted by Gasteiger charge is -2.21. The van der Waals surface area contributed by atoms with E-state index in [9.17, 15) is 4.21 Å². The molecule has 0 saturated carbocycles. The van der Waals surface area contributed by atoms with Crippen LogP contribution < -0.4 is 0 Å². The first-order valence-electron chi connectivity index (χ1n) is 5.35. The van der Waals surface area contributed by atoms with Crippen LogP contribution in [0.3, 0.4) is 0 Å². The van der Waals surface area contributed by atoms with E-state index < -0.39 is 10.8 Å². The van der Waals surface area contributed by atoms with Gasteiger partial charge in [-0.1, -0.05) is 30.3 Å². The zero-order chi connectivity index (χ0) is 10.5. The van der Waals surface area contributed by atoms with Crippen LogP contribution in [0.25, 0.3) is 0 Å². The van der Waals surface area contributed by atoms with E-state index >= 15 is 0 Å². The molecule has 0 N–H and O–H groups in total. The van der Waals surface area contributed by atoms with E-state index in [-0.39, 0.29) is 0 Å². The first-order chi connectivity index (χ1) is 7.34. The molecular formula is C12H16O2S. The first kappa shape index (κ1) is 10.8. The second kappa shape index (κ2) is 5.42. The van der Waals surface area contributed by atoms with Gasteiger partial charge in [0, 0.05) is 22.3 Å². The number of ether oxygens (including phenoxy) is 1. The summed E-state index contributed by atoms with van der Waals surface area (Å²) in [5, 5.41) is 0. The summed E-state index contributed by atoms with van der Waals surface area (Å²) < 4.78 is 16.9. The zero-order valence-electron chi connectivity index (χ0n) is 8.72. The second-order valence-corrected chi connectivity index (χ2v) is 5.54. The van der Waals surface area contributed by atoms with Gasteiger partial charge in [0.2, 0.25) is 0 Å². The van der Waals surface area contributed by atoms with Gasteiger partial charge in [0.25, 0.3) is 0 Å². The molecule has 1 aromatic carbocycles. The van der Waals surface area contributed by atoms with Gasteiger partial charge in [-0.15, -0.1) is 0 Å². The summed E-state index contributed by atoms with van der Waals surface area (Å²) in [6.07, 6.45) is 2.20. The molecule has 3 heteroatoms. The lowest BCUT2D eigenvalue weighted by molar-refractivity contribution is 0.0351. The summed E-state index contributed by atoms with van der Waals surface area (Å²) in [4.78, 5) is 0.